The summed E-state index contributed by atoms with van der Waals surface area (Å²) in [7, 11) is 1.74. The molecule has 6 nitrogen and oxygen atoms in total. The van der Waals surface area contributed by atoms with Crippen molar-refractivity contribution in [3.63, 3.8) is 0 Å². The van der Waals surface area contributed by atoms with Crippen molar-refractivity contribution in [1.29, 1.82) is 0 Å². The van der Waals surface area contributed by atoms with Gasteiger partial charge < -0.3 is 10.1 Å². The van der Waals surface area contributed by atoms with Gasteiger partial charge in [-0.1, -0.05) is 0 Å². The van der Waals surface area contributed by atoms with Crippen LogP contribution in [0.5, 0.6) is 0 Å². The van der Waals surface area contributed by atoms with E-state index in [1.165, 1.54) is 4.80 Å². The fraction of sp³-hybridized carbons (Fsp3) is 0.833. The van der Waals surface area contributed by atoms with Crippen molar-refractivity contribution >= 4 is 12.4 Å². The summed E-state index contributed by atoms with van der Waals surface area (Å²) >= 11 is 0. The third-order valence-electron chi connectivity index (χ3n) is 1.74. The second-order valence-corrected chi connectivity index (χ2v) is 2.70. The number of aromatic nitrogens is 4. The van der Waals surface area contributed by atoms with Gasteiger partial charge in [0.15, 0.2) is 0 Å². The number of nitrogens with zero attached hydrogens (tertiary/aromatic N) is 4. The largest absolute Gasteiger partial charge is 0.367 e. The predicted octanol–water partition coefficient (Wildman–Crippen LogP) is -0.707. The van der Waals surface area contributed by atoms with Gasteiger partial charge in [0, 0.05) is 13.1 Å². The van der Waals surface area contributed by atoms with E-state index in [0.717, 1.165) is 13.1 Å². The number of aryl methyl sites for hydroxylation is 1. The Morgan fingerprint density at radius 1 is 1.62 bits per heavy atom. The molecule has 1 atom stereocenters. The van der Waals surface area contributed by atoms with E-state index in [9.17, 15) is 0 Å². The Morgan fingerprint density at radius 2 is 2.46 bits per heavy atom. The van der Waals surface area contributed by atoms with Crippen molar-refractivity contribution in [1.82, 2.24) is 25.5 Å². The molecule has 1 saturated heterocycles. The lowest BCUT2D eigenvalue weighted by Crippen LogP contribution is -2.33. The zero-order valence-electron chi connectivity index (χ0n) is 7.30. The van der Waals surface area contributed by atoms with E-state index in [1.54, 1.807) is 7.05 Å². The summed E-state index contributed by atoms with van der Waals surface area (Å²) in [5.74, 6) is 0.657. The summed E-state index contributed by atoms with van der Waals surface area (Å²) in [6, 6.07) is 0. The lowest BCUT2D eigenvalue weighted by molar-refractivity contribution is 0.0220. The van der Waals surface area contributed by atoms with Gasteiger partial charge in [0.2, 0.25) is 5.82 Å². The second-order valence-electron chi connectivity index (χ2n) is 2.70. The van der Waals surface area contributed by atoms with Gasteiger partial charge in [0.05, 0.1) is 13.7 Å². The highest BCUT2D eigenvalue weighted by Gasteiger charge is 2.19. The second kappa shape index (κ2) is 4.50. The van der Waals surface area contributed by atoms with Crippen LogP contribution < -0.4 is 5.32 Å². The zero-order valence-corrected chi connectivity index (χ0v) is 8.12. The molecule has 1 aliphatic heterocycles. The molecule has 1 N–H and O–H groups in total. The highest BCUT2D eigenvalue weighted by atomic mass is 35.5. The van der Waals surface area contributed by atoms with Crippen LogP contribution in [0, 0.1) is 0 Å². The summed E-state index contributed by atoms with van der Waals surface area (Å²) in [5, 5.41) is 14.9. The summed E-state index contributed by atoms with van der Waals surface area (Å²) in [6.07, 6.45) is -0.0348. The molecule has 7 heteroatoms. The molecule has 1 fully saturated rings. The molecule has 13 heavy (non-hydrogen) atoms. The minimum atomic E-state index is -0.0348. The van der Waals surface area contributed by atoms with Crippen LogP contribution in [-0.4, -0.2) is 39.9 Å². The van der Waals surface area contributed by atoms with Gasteiger partial charge in [-0.05, 0) is 5.21 Å². The molecule has 2 heterocycles. The van der Waals surface area contributed by atoms with Gasteiger partial charge in [-0.25, -0.2) is 0 Å². The Balaban J connectivity index is 0.000000845. The first-order chi connectivity index (χ1) is 5.86. The fourth-order valence-corrected chi connectivity index (χ4v) is 1.16. The summed E-state index contributed by atoms with van der Waals surface area (Å²) < 4.78 is 5.44. The number of nitrogens with one attached hydrogen (secondary N) is 1. The predicted molar refractivity (Wildman–Crippen MR) is 47.6 cm³/mol. The van der Waals surface area contributed by atoms with Crippen LogP contribution in [0.1, 0.15) is 11.9 Å². The molecule has 1 aromatic heterocycles. The molecule has 0 spiro atoms. The third-order valence-corrected chi connectivity index (χ3v) is 1.74. The Hall–Kier alpha value is -0.720. The standard InChI is InChI=1S/C6H11N5O.ClH/c1-11-9-6(8-10-11)5-4-7-2-3-12-5;/h5,7H,2-4H2,1H3;1H. The SMILES string of the molecule is Cl.Cn1nnc(C2CNCCO2)n1. The van der Waals surface area contributed by atoms with Gasteiger partial charge in [-0.3, -0.25) is 0 Å². The van der Waals surface area contributed by atoms with Crippen LogP contribution in [0.25, 0.3) is 0 Å². The molecule has 0 aliphatic carbocycles. The number of hydrogen-bond acceptors (Lipinski definition) is 5. The summed E-state index contributed by atoms with van der Waals surface area (Å²) in [4.78, 5) is 1.44. The third kappa shape index (κ3) is 2.36. The number of tetrazole rings is 1. The van der Waals surface area contributed by atoms with Crippen molar-refractivity contribution in [2.75, 3.05) is 19.7 Å². The smallest absolute Gasteiger partial charge is 0.204 e. The first kappa shape index (κ1) is 10.4. The van der Waals surface area contributed by atoms with E-state index in [0.29, 0.717) is 12.4 Å². The maximum atomic E-state index is 5.44. The van der Waals surface area contributed by atoms with Gasteiger partial charge in [0.25, 0.3) is 0 Å². The van der Waals surface area contributed by atoms with Crippen molar-refractivity contribution in [3.05, 3.63) is 5.82 Å². The normalized spacial score (nSPS) is 22.4. The van der Waals surface area contributed by atoms with Gasteiger partial charge in [0.1, 0.15) is 6.10 Å². The molecule has 1 aromatic rings. The fourth-order valence-electron chi connectivity index (χ4n) is 1.16. The molecular weight excluding hydrogens is 194 g/mol. The Morgan fingerprint density at radius 3 is 3.00 bits per heavy atom. The van der Waals surface area contributed by atoms with Gasteiger partial charge in [-0.15, -0.1) is 22.6 Å². The molecule has 1 unspecified atom stereocenters. The monoisotopic (exact) mass is 205 g/mol. The Labute approximate surface area is 82.1 Å². The maximum absolute atomic E-state index is 5.44. The molecule has 0 saturated carbocycles. The van der Waals surface area contributed by atoms with E-state index < -0.39 is 0 Å². The molecule has 0 amide bonds. The van der Waals surface area contributed by atoms with Crippen LogP contribution in [-0.2, 0) is 11.8 Å². The van der Waals surface area contributed by atoms with Crippen molar-refractivity contribution in [2.45, 2.75) is 6.10 Å². The molecule has 0 aromatic carbocycles. The van der Waals surface area contributed by atoms with Crippen molar-refractivity contribution in [3.8, 4) is 0 Å². The van der Waals surface area contributed by atoms with Crippen LogP contribution in [0.2, 0.25) is 0 Å². The van der Waals surface area contributed by atoms with Gasteiger partial charge >= 0.3 is 0 Å². The molecule has 74 valence electrons. The first-order valence-electron chi connectivity index (χ1n) is 3.92. The van der Waals surface area contributed by atoms with Crippen LogP contribution >= 0.6 is 12.4 Å². The molecule has 2 rings (SSSR count). The lowest BCUT2D eigenvalue weighted by atomic mass is 10.3. The average Bonchev–Trinajstić information content (AvgIpc) is 2.54. The maximum Gasteiger partial charge on any atom is 0.204 e. The quantitative estimate of drug-likeness (QED) is 0.657. The van der Waals surface area contributed by atoms with E-state index in [2.05, 4.69) is 20.7 Å². The number of morpholine rings is 1. The van der Waals surface area contributed by atoms with Crippen LogP contribution in [0.4, 0.5) is 0 Å². The number of ether oxygens (including phenoxy) is 1. The van der Waals surface area contributed by atoms with Crippen LogP contribution in [0.15, 0.2) is 0 Å². The first-order valence-corrected chi connectivity index (χ1v) is 3.92. The topological polar surface area (TPSA) is 64.9 Å². The van der Waals surface area contributed by atoms with E-state index in [1.807, 2.05) is 0 Å². The highest BCUT2D eigenvalue weighted by Crippen LogP contribution is 2.12. The van der Waals surface area contributed by atoms with Gasteiger partial charge in [-0.2, -0.15) is 4.80 Å². The average molecular weight is 206 g/mol. The van der Waals surface area contributed by atoms with E-state index >= 15 is 0 Å². The summed E-state index contributed by atoms with van der Waals surface area (Å²) in [6.45, 7) is 2.38. The number of hydrogen-bond donors (Lipinski definition) is 1. The summed E-state index contributed by atoms with van der Waals surface area (Å²) in [5.41, 5.74) is 0. The van der Waals surface area contributed by atoms with E-state index in [4.69, 9.17) is 4.74 Å². The molecule has 0 radical (unpaired) electrons. The van der Waals surface area contributed by atoms with E-state index in [-0.39, 0.29) is 18.5 Å². The van der Waals surface area contributed by atoms with Crippen molar-refractivity contribution in [2.24, 2.45) is 7.05 Å². The molecule has 1 aliphatic rings. The minimum absolute atomic E-state index is 0. The number of halogens is 1. The lowest BCUT2D eigenvalue weighted by Gasteiger charge is -2.20. The minimum Gasteiger partial charge on any atom is -0.367 e. The van der Waals surface area contributed by atoms with Crippen molar-refractivity contribution < 1.29 is 4.74 Å². The molecular formula is C6H12ClN5O. The number of rotatable bonds is 1. The Kier molecular flexibility index (Phi) is 3.58. The zero-order chi connectivity index (χ0) is 8.39. The van der Waals surface area contributed by atoms with Crippen LogP contribution in [0.3, 0.4) is 0 Å². The highest BCUT2D eigenvalue weighted by molar-refractivity contribution is 5.85. The Bertz CT molecular complexity index is 259. The molecule has 0 bridgehead atoms.